The van der Waals surface area contributed by atoms with Gasteiger partial charge in [0.1, 0.15) is 5.75 Å². The molecule has 0 saturated heterocycles. The highest BCUT2D eigenvalue weighted by atomic mass is 79.9. The number of ether oxygens (including phenoxy) is 1. The first-order valence-electron chi connectivity index (χ1n) is 6.61. The van der Waals surface area contributed by atoms with E-state index >= 15 is 0 Å². The zero-order chi connectivity index (χ0) is 15.6. The minimum Gasteiger partial charge on any atom is -0.483 e. The summed E-state index contributed by atoms with van der Waals surface area (Å²) in [7, 11) is 0. The van der Waals surface area contributed by atoms with Crippen molar-refractivity contribution in [2.24, 2.45) is 0 Å². The van der Waals surface area contributed by atoms with Gasteiger partial charge in [-0.3, -0.25) is 4.79 Å². The Bertz CT molecular complexity index is 642. The summed E-state index contributed by atoms with van der Waals surface area (Å²) in [5.41, 5.74) is 2.75. The fourth-order valence-corrected chi connectivity index (χ4v) is 2.44. The SMILES string of the molecule is Cc1cc(OC(C)C(=O)c2ccc(Cl)cc2)cc(C)c1Br. The third kappa shape index (κ3) is 3.86. The van der Waals surface area contributed by atoms with Gasteiger partial charge >= 0.3 is 0 Å². The Balaban J connectivity index is 2.16. The number of hydrogen-bond acceptors (Lipinski definition) is 2. The van der Waals surface area contributed by atoms with Crippen LogP contribution in [0.4, 0.5) is 0 Å². The van der Waals surface area contributed by atoms with Gasteiger partial charge in [-0.1, -0.05) is 27.5 Å². The molecule has 21 heavy (non-hydrogen) atoms. The highest BCUT2D eigenvalue weighted by Crippen LogP contribution is 2.27. The van der Waals surface area contributed by atoms with Crippen molar-refractivity contribution in [1.82, 2.24) is 0 Å². The molecule has 0 aliphatic rings. The fourth-order valence-electron chi connectivity index (χ4n) is 2.08. The minimum atomic E-state index is -0.550. The van der Waals surface area contributed by atoms with E-state index in [-0.39, 0.29) is 5.78 Å². The van der Waals surface area contributed by atoms with E-state index in [1.54, 1.807) is 31.2 Å². The molecule has 4 heteroatoms. The van der Waals surface area contributed by atoms with E-state index in [2.05, 4.69) is 15.9 Å². The minimum absolute atomic E-state index is 0.0649. The van der Waals surface area contributed by atoms with E-state index in [0.29, 0.717) is 16.3 Å². The van der Waals surface area contributed by atoms with Crippen LogP contribution in [0, 0.1) is 13.8 Å². The number of carbonyl (C=O) groups excluding carboxylic acids is 1. The Labute approximate surface area is 138 Å². The maximum atomic E-state index is 12.3. The average Bonchev–Trinajstić information content (AvgIpc) is 2.44. The predicted molar refractivity (Wildman–Crippen MR) is 89.5 cm³/mol. The molecule has 2 aromatic carbocycles. The molecule has 0 amide bonds. The van der Waals surface area contributed by atoms with Gasteiger partial charge in [0.05, 0.1) is 0 Å². The van der Waals surface area contributed by atoms with Crippen LogP contribution < -0.4 is 4.74 Å². The van der Waals surface area contributed by atoms with Gasteiger partial charge in [-0.25, -0.2) is 0 Å². The van der Waals surface area contributed by atoms with Crippen LogP contribution in [-0.2, 0) is 0 Å². The van der Waals surface area contributed by atoms with Crippen LogP contribution in [0.1, 0.15) is 28.4 Å². The van der Waals surface area contributed by atoms with Crippen LogP contribution in [-0.4, -0.2) is 11.9 Å². The summed E-state index contributed by atoms with van der Waals surface area (Å²) in [5, 5.41) is 0.610. The first-order chi connectivity index (χ1) is 9.88. The lowest BCUT2D eigenvalue weighted by atomic mass is 10.1. The summed E-state index contributed by atoms with van der Waals surface area (Å²) in [6.07, 6.45) is -0.550. The largest absolute Gasteiger partial charge is 0.483 e. The number of ketones is 1. The summed E-state index contributed by atoms with van der Waals surface area (Å²) < 4.78 is 6.84. The second-order valence-corrected chi connectivity index (χ2v) is 6.23. The van der Waals surface area contributed by atoms with Crippen molar-refractivity contribution < 1.29 is 9.53 Å². The third-order valence-corrected chi connectivity index (χ3v) is 4.72. The first-order valence-corrected chi connectivity index (χ1v) is 7.78. The summed E-state index contributed by atoms with van der Waals surface area (Å²) in [6.45, 7) is 5.74. The quantitative estimate of drug-likeness (QED) is 0.679. The van der Waals surface area contributed by atoms with E-state index in [1.807, 2.05) is 26.0 Å². The molecule has 0 saturated carbocycles. The van der Waals surface area contributed by atoms with Crippen LogP contribution in [0.3, 0.4) is 0 Å². The number of aryl methyl sites for hydroxylation is 2. The van der Waals surface area contributed by atoms with Crippen molar-refractivity contribution in [3.8, 4) is 5.75 Å². The van der Waals surface area contributed by atoms with Gasteiger partial charge in [-0.15, -0.1) is 0 Å². The molecule has 0 aliphatic carbocycles. The van der Waals surface area contributed by atoms with Crippen LogP contribution in [0.2, 0.25) is 5.02 Å². The molecule has 1 atom stereocenters. The normalized spacial score (nSPS) is 12.0. The van der Waals surface area contributed by atoms with Crippen molar-refractivity contribution in [1.29, 1.82) is 0 Å². The monoisotopic (exact) mass is 366 g/mol. The summed E-state index contributed by atoms with van der Waals surface area (Å²) in [6, 6.07) is 10.7. The number of hydrogen-bond donors (Lipinski definition) is 0. The molecule has 0 heterocycles. The molecular weight excluding hydrogens is 352 g/mol. The molecule has 0 fully saturated rings. The standard InChI is InChI=1S/C17H16BrClO2/c1-10-8-15(9-11(2)16(10)18)21-12(3)17(20)13-4-6-14(19)7-5-13/h4-9,12H,1-3H3. The van der Waals surface area contributed by atoms with Crippen molar-refractivity contribution in [2.45, 2.75) is 26.9 Å². The fraction of sp³-hybridized carbons (Fsp3) is 0.235. The molecule has 0 N–H and O–H groups in total. The number of Topliss-reactive ketones (excluding diaryl/α,β-unsaturated/α-hetero) is 1. The number of rotatable bonds is 4. The summed E-state index contributed by atoms with van der Waals surface area (Å²) in [4.78, 5) is 12.3. The second-order valence-electron chi connectivity index (χ2n) is 5.00. The van der Waals surface area contributed by atoms with Crippen LogP contribution in [0.5, 0.6) is 5.75 Å². The number of benzene rings is 2. The van der Waals surface area contributed by atoms with Gasteiger partial charge < -0.3 is 4.74 Å². The molecule has 0 aromatic heterocycles. The molecule has 0 aliphatic heterocycles. The van der Waals surface area contributed by atoms with Crippen molar-refractivity contribution in [2.75, 3.05) is 0 Å². The maximum absolute atomic E-state index is 12.3. The van der Waals surface area contributed by atoms with Gasteiger partial charge in [0, 0.05) is 15.1 Å². The molecular formula is C17H16BrClO2. The van der Waals surface area contributed by atoms with E-state index in [4.69, 9.17) is 16.3 Å². The van der Waals surface area contributed by atoms with Crippen LogP contribution in [0.25, 0.3) is 0 Å². The first kappa shape index (κ1) is 16.1. The maximum Gasteiger partial charge on any atom is 0.202 e. The van der Waals surface area contributed by atoms with Crippen LogP contribution >= 0.6 is 27.5 Å². The molecule has 0 radical (unpaired) electrons. The highest BCUT2D eigenvalue weighted by Gasteiger charge is 2.17. The van der Waals surface area contributed by atoms with Crippen LogP contribution in [0.15, 0.2) is 40.9 Å². The zero-order valence-electron chi connectivity index (χ0n) is 12.1. The average molecular weight is 368 g/mol. The molecule has 1 unspecified atom stereocenters. The second kappa shape index (κ2) is 6.63. The topological polar surface area (TPSA) is 26.3 Å². The van der Waals surface area contributed by atoms with E-state index in [0.717, 1.165) is 15.6 Å². The van der Waals surface area contributed by atoms with E-state index < -0.39 is 6.10 Å². The molecule has 2 nitrogen and oxygen atoms in total. The van der Waals surface area contributed by atoms with Gasteiger partial charge in [-0.05, 0) is 68.3 Å². The Morgan fingerprint density at radius 3 is 2.19 bits per heavy atom. The van der Waals surface area contributed by atoms with E-state index in [9.17, 15) is 4.79 Å². The Kier molecular flexibility index (Phi) is 5.07. The van der Waals surface area contributed by atoms with Gasteiger partial charge in [0.25, 0.3) is 0 Å². The van der Waals surface area contributed by atoms with E-state index in [1.165, 1.54) is 0 Å². The smallest absolute Gasteiger partial charge is 0.202 e. The van der Waals surface area contributed by atoms with Gasteiger partial charge in [-0.2, -0.15) is 0 Å². The lowest BCUT2D eigenvalue weighted by Crippen LogP contribution is -2.23. The molecule has 2 aromatic rings. The zero-order valence-corrected chi connectivity index (χ0v) is 14.5. The summed E-state index contributed by atoms with van der Waals surface area (Å²) in [5.74, 6) is 0.632. The lowest BCUT2D eigenvalue weighted by molar-refractivity contribution is 0.0818. The molecule has 110 valence electrons. The molecule has 0 bridgehead atoms. The Morgan fingerprint density at radius 2 is 1.67 bits per heavy atom. The van der Waals surface area contributed by atoms with Gasteiger partial charge in [0.15, 0.2) is 6.10 Å². The number of halogens is 2. The van der Waals surface area contributed by atoms with Crippen molar-refractivity contribution >= 4 is 33.3 Å². The third-order valence-electron chi connectivity index (χ3n) is 3.22. The molecule has 2 rings (SSSR count). The Hall–Kier alpha value is -1.32. The number of carbonyl (C=O) groups is 1. The Morgan fingerprint density at radius 1 is 1.14 bits per heavy atom. The highest BCUT2D eigenvalue weighted by molar-refractivity contribution is 9.10. The van der Waals surface area contributed by atoms with Crippen molar-refractivity contribution in [3.05, 3.63) is 62.6 Å². The predicted octanol–water partition coefficient (Wildman–Crippen LogP) is 5.37. The lowest BCUT2D eigenvalue weighted by Gasteiger charge is -2.15. The van der Waals surface area contributed by atoms with Crippen molar-refractivity contribution in [3.63, 3.8) is 0 Å². The van der Waals surface area contributed by atoms with Gasteiger partial charge in [0.2, 0.25) is 5.78 Å². The summed E-state index contributed by atoms with van der Waals surface area (Å²) >= 11 is 9.35. The molecule has 0 spiro atoms.